The minimum Gasteiger partial charge on any atom is -0.368 e. The number of carbonyl (C=O) groups is 1. The Hall–Kier alpha value is -3.73. The van der Waals surface area contributed by atoms with Gasteiger partial charge in [-0.1, -0.05) is 0 Å². The van der Waals surface area contributed by atoms with Gasteiger partial charge in [0.15, 0.2) is 5.82 Å². The molecule has 11 heteroatoms. The zero-order valence-electron chi connectivity index (χ0n) is 19.8. The number of rotatable bonds is 4. The van der Waals surface area contributed by atoms with E-state index in [4.69, 9.17) is 0 Å². The van der Waals surface area contributed by atoms with Crippen LogP contribution in [-0.4, -0.2) is 65.1 Å². The van der Waals surface area contributed by atoms with Gasteiger partial charge in [-0.05, 0) is 31.5 Å². The monoisotopic (exact) mass is 478 g/mol. The number of hydrogen-bond acceptors (Lipinski definition) is 8. The number of piperazine rings is 1. The fourth-order valence-electron chi connectivity index (χ4n) is 5.37. The van der Waals surface area contributed by atoms with E-state index in [1.807, 2.05) is 24.1 Å². The highest BCUT2D eigenvalue weighted by Gasteiger charge is 2.32. The number of nitrogens with zero attached hydrogens (tertiary/aromatic N) is 6. The molecular formula is C24H27FN8O2. The maximum Gasteiger partial charge on any atom is 0.349 e. The van der Waals surface area contributed by atoms with Crippen LogP contribution in [-0.2, 0) is 13.1 Å². The van der Waals surface area contributed by atoms with Crippen molar-refractivity contribution in [3.8, 4) is 0 Å². The Bertz CT molecular complexity index is 1410. The predicted octanol–water partition coefficient (Wildman–Crippen LogP) is 1.47. The molecule has 0 unspecified atom stereocenters. The van der Waals surface area contributed by atoms with Gasteiger partial charge in [0.1, 0.15) is 17.0 Å². The highest BCUT2D eigenvalue weighted by Crippen LogP contribution is 2.41. The van der Waals surface area contributed by atoms with E-state index in [-0.39, 0.29) is 11.4 Å². The van der Waals surface area contributed by atoms with Crippen molar-refractivity contribution in [1.29, 1.82) is 0 Å². The molecule has 0 bridgehead atoms. The summed E-state index contributed by atoms with van der Waals surface area (Å²) in [6.45, 7) is 6.76. The lowest BCUT2D eigenvalue weighted by Gasteiger charge is -2.36. The minimum atomic E-state index is -0.411. The molecule has 1 amide bonds. The van der Waals surface area contributed by atoms with E-state index in [0.29, 0.717) is 29.7 Å². The van der Waals surface area contributed by atoms with Crippen LogP contribution in [0.15, 0.2) is 23.0 Å². The lowest BCUT2D eigenvalue weighted by molar-refractivity contribution is 0.0958. The average molecular weight is 479 g/mol. The van der Waals surface area contributed by atoms with E-state index in [9.17, 15) is 9.59 Å². The van der Waals surface area contributed by atoms with Gasteiger partial charge in [-0.25, -0.2) is 14.2 Å². The molecule has 1 saturated heterocycles. The predicted molar refractivity (Wildman–Crippen MR) is 131 cm³/mol. The maximum absolute atomic E-state index is 15.6. The van der Waals surface area contributed by atoms with Crippen molar-refractivity contribution >= 4 is 34.0 Å². The van der Waals surface area contributed by atoms with Crippen molar-refractivity contribution < 1.29 is 9.18 Å². The molecule has 0 aliphatic carbocycles. The van der Waals surface area contributed by atoms with E-state index in [0.717, 1.165) is 62.0 Å². The number of nitrogens with one attached hydrogen (secondary N) is 2. The molecule has 0 saturated carbocycles. The van der Waals surface area contributed by atoms with Crippen LogP contribution in [0.5, 0.6) is 0 Å². The number of aromatic nitrogens is 3. The normalized spacial score (nSPS) is 17.1. The van der Waals surface area contributed by atoms with Crippen molar-refractivity contribution in [3.63, 3.8) is 0 Å². The van der Waals surface area contributed by atoms with Crippen LogP contribution in [0.25, 0.3) is 10.9 Å². The summed E-state index contributed by atoms with van der Waals surface area (Å²) in [6, 6.07) is 5.54. The van der Waals surface area contributed by atoms with Gasteiger partial charge < -0.3 is 10.2 Å². The molecule has 5 heterocycles. The molecule has 2 aromatic heterocycles. The summed E-state index contributed by atoms with van der Waals surface area (Å²) in [5, 5.41) is 5.22. The van der Waals surface area contributed by atoms with Crippen molar-refractivity contribution in [2.24, 2.45) is 0 Å². The average Bonchev–Trinajstić information content (AvgIpc) is 3.24. The number of carbonyl (C=O) groups excluding carboxylic acids is 1. The van der Waals surface area contributed by atoms with E-state index in [1.165, 1.54) is 0 Å². The summed E-state index contributed by atoms with van der Waals surface area (Å²) in [5.41, 5.74) is 6.66. The molecule has 6 rings (SSSR count). The quantitative estimate of drug-likeness (QED) is 0.582. The van der Waals surface area contributed by atoms with Crippen LogP contribution in [0.2, 0.25) is 0 Å². The lowest BCUT2D eigenvalue weighted by atomic mass is 10.1. The second-order valence-corrected chi connectivity index (χ2v) is 9.25. The number of amides is 1. The van der Waals surface area contributed by atoms with Crippen LogP contribution in [0.4, 0.5) is 21.6 Å². The second kappa shape index (κ2) is 8.19. The summed E-state index contributed by atoms with van der Waals surface area (Å²) in [6.07, 6.45) is 0.838. The van der Waals surface area contributed by atoms with Crippen LogP contribution >= 0.6 is 0 Å². The molecule has 182 valence electrons. The fraction of sp³-hybridized carbons (Fsp3) is 0.417. The second-order valence-electron chi connectivity index (χ2n) is 9.25. The standard InChI is InChI=1S/C24H27FN8O2/c1-14-18(5-4-16(27-14)22(34)26-2)31-10-8-30(9-11-31)13-15-12-17-19-21(20(15)25)28-24(35)32-6-3-7-33(29-17)23(19)32/h4-5,12,29H,3,6-11,13H2,1-2H3,(H,26,34). The Morgan fingerprint density at radius 2 is 1.94 bits per heavy atom. The van der Waals surface area contributed by atoms with Gasteiger partial charge in [-0.15, -0.1) is 0 Å². The van der Waals surface area contributed by atoms with Crippen molar-refractivity contribution in [3.05, 3.63) is 51.5 Å². The molecule has 1 aromatic carbocycles. The van der Waals surface area contributed by atoms with Crippen LogP contribution in [0.1, 0.15) is 28.2 Å². The van der Waals surface area contributed by atoms with Crippen LogP contribution < -0.4 is 26.3 Å². The number of hydrazine groups is 1. The third-order valence-electron chi connectivity index (χ3n) is 7.13. The molecule has 2 N–H and O–H groups in total. The van der Waals surface area contributed by atoms with Gasteiger partial charge >= 0.3 is 5.69 Å². The number of halogens is 1. The molecule has 0 radical (unpaired) electrons. The fourth-order valence-corrected chi connectivity index (χ4v) is 5.37. The summed E-state index contributed by atoms with van der Waals surface area (Å²) in [4.78, 5) is 37.4. The molecule has 0 atom stereocenters. The molecule has 3 aromatic rings. The number of pyridine rings is 1. The first-order valence-corrected chi connectivity index (χ1v) is 11.9. The molecule has 0 spiro atoms. The van der Waals surface area contributed by atoms with E-state index < -0.39 is 11.5 Å². The zero-order valence-corrected chi connectivity index (χ0v) is 19.8. The molecular weight excluding hydrogens is 451 g/mol. The van der Waals surface area contributed by atoms with Gasteiger partial charge in [-0.3, -0.25) is 24.7 Å². The summed E-state index contributed by atoms with van der Waals surface area (Å²) in [5.74, 6) is 0.113. The number of benzene rings is 1. The highest BCUT2D eigenvalue weighted by atomic mass is 19.1. The van der Waals surface area contributed by atoms with Gasteiger partial charge in [0.25, 0.3) is 5.91 Å². The van der Waals surface area contributed by atoms with E-state index >= 15 is 4.39 Å². The van der Waals surface area contributed by atoms with Gasteiger partial charge in [0.05, 0.1) is 22.5 Å². The summed E-state index contributed by atoms with van der Waals surface area (Å²) < 4.78 is 17.2. The van der Waals surface area contributed by atoms with Crippen LogP contribution in [0.3, 0.4) is 0 Å². The Kier molecular flexibility index (Phi) is 5.10. The molecule has 35 heavy (non-hydrogen) atoms. The minimum absolute atomic E-state index is 0.155. The Morgan fingerprint density at radius 3 is 2.69 bits per heavy atom. The molecule has 1 fully saturated rings. The topological polar surface area (TPSA) is 98.6 Å². The van der Waals surface area contributed by atoms with Gasteiger partial charge in [0.2, 0.25) is 0 Å². The molecule has 3 aliphatic heterocycles. The molecule has 3 aliphatic rings. The smallest absolute Gasteiger partial charge is 0.349 e. The third kappa shape index (κ3) is 3.49. The van der Waals surface area contributed by atoms with E-state index in [2.05, 4.69) is 30.5 Å². The SMILES string of the molecule is CNC(=O)c1ccc(N2CCN(Cc3cc4c5c6n(c(=O)nc5c3F)CCCN6N4)CC2)c(C)n1. The third-order valence-corrected chi connectivity index (χ3v) is 7.13. The van der Waals surface area contributed by atoms with Gasteiger partial charge in [0, 0.05) is 58.4 Å². The summed E-state index contributed by atoms with van der Waals surface area (Å²) in [7, 11) is 1.59. The Morgan fingerprint density at radius 1 is 1.14 bits per heavy atom. The largest absolute Gasteiger partial charge is 0.368 e. The lowest BCUT2D eigenvalue weighted by Crippen LogP contribution is -2.46. The van der Waals surface area contributed by atoms with Crippen LogP contribution in [0, 0.1) is 12.7 Å². The number of hydrogen-bond donors (Lipinski definition) is 2. The molecule has 10 nitrogen and oxygen atoms in total. The van der Waals surface area contributed by atoms with Crippen molar-refractivity contribution in [2.45, 2.75) is 26.4 Å². The summed E-state index contributed by atoms with van der Waals surface area (Å²) >= 11 is 0. The van der Waals surface area contributed by atoms with E-state index in [1.54, 1.807) is 17.7 Å². The van der Waals surface area contributed by atoms with Crippen molar-refractivity contribution in [2.75, 3.05) is 55.1 Å². The van der Waals surface area contributed by atoms with Gasteiger partial charge in [-0.2, -0.15) is 4.98 Å². The Balaban J connectivity index is 1.21. The first kappa shape index (κ1) is 21.8. The number of aryl methyl sites for hydroxylation is 1. The zero-order chi connectivity index (χ0) is 24.3. The maximum atomic E-state index is 15.6. The van der Waals surface area contributed by atoms with Crippen molar-refractivity contribution in [1.82, 2.24) is 24.8 Å². The number of anilines is 3. The first-order valence-electron chi connectivity index (χ1n) is 11.9. The highest BCUT2D eigenvalue weighted by molar-refractivity contribution is 6.05. The first-order chi connectivity index (χ1) is 16.9. The Labute approximate surface area is 201 Å².